The lowest BCUT2D eigenvalue weighted by atomic mass is 9.99. The van der Waals surface area contributed by atoms with E-state index in [0.717, 1.165) is 25.7 Å². The summed E-state index contributed by atoms with van der Waals surface area (Å²) < 4.78 is 27.5. The molecule has 0 bridgehead atoms. The first-order valence-electron chi connectivity index (χ1n) is 18.6. The maximum atomic E-state index is 6.87. The zero-order chi connectivity index (χ0) is 34.3. The van der Waals surface area contributed by atoms with Gasteiger partial charge >= 0.3 is 0 Å². The van der Waals surface area contributed by atoms with Crippen molar-refractivity contribution < 1.29 is 18.9 Å². The second-order valence-corrected chi connectivity index (χ2v) is 21.2. The Hall–Kier alpha value is -2.42. The highest BCUT2D eigenvalue weighted by Crippen LogP contribution is 2.67. The molecule has 0 radical (unpaired) electrons. The van der Waals surface area contributed by atoms with E-state index < -0.39 is 27.4 Å². The third-order valence-electron chi connectivity index (χ3n) is 11.3. The molecule has 262 valence electrons. The Morgan fingerprint density at radius 1 is 0.380 bits per heavy atom. The Bertz CT molecular complexity index is 1440. The van der Waals surface area contributed by atoms with Crippen molar-refractivity contribution >= 4 is 15.8 Å². The third-order valence-corrected chi connectivity index (χ3v) is 18.5. The molecule has 4 aromatic carbocycles. The molecule has 50 heavy (non-hydrogen) atoms. The fourth-order valence-electron chi connectivity index (χ4n) is 9.32. The minimum absolute atomic E-state index is 0.119. The van der Waals surface area contributed by atoms with E-state index in [4.69, 9.17) is 18.9 Å². The Morgan fingerprint density at radius 3 is 0.820 bits per heavy atom. The summed E-state index contributed by atoms with van der Waals surface area (Å²) in [6.07, 6.45) is 7.12. The monoisotopic (exact) mass is 706 g/mol. The molecule has 4 saturated heterocycles. The molecule has 4 heterocycles. The lowest BCUT2D eigenvalue weighted by Gasteiger charge is -2.35. The highest BCUT2D eigenvalue weighted by molar-refractivity contribution is 7.63. The van der Waals surface area contributed by atoms with Crippen LogP contribution >= 0.6 is 15.8 Å². The van der Waals surface area contributed by atoms with Crippen molar-refractivity contribution in [3.63, 3.8) is 0 Å². The smallest absolute Gasteiger partial charge is 0.163 e. The average molecular weight is 707 g/mol. The minimum atomic E-state index is -0.559. The van der Waals surface area contributed by atoms with Gasteiger partial charge in [-0.25, -0.2) is 0 Å². The van der Waals surface area contributed by atoms with E-state index in [9.17, 15) is 0 Å². The van der Waals surface area contributed by atoms with Gasteiger partial charge in [-0.05, 0) is 88.0 Å². The van der Waals surface area contributed by atoms with Gasteiger partial charge in [0.25, 0.3) is 0 Å². The second-order valence-electron chi connectivity index (χ2n) is 15.6. The molecule has 0 amide bonds. The predicted octanol–water partition coefficient (Wildman–Crippen LogP) is 9.46. The van der Waals surface area contributed by atoms with Gasteiger partial charge in [-0.3, -0.25) is 0 Å². The van der Waals surface area contributed by atoms with Crippen LogP contribution < -0.4 is 0 Å². The van der Waals surface area contributed by atoms with Crippen molar-refractivity contribution in [3.8, 4) is 0 Å². The van der Waals surface area contributed by atoms with Gasteiger partial charge in [-0.1, -0.05) is 137 Å². The van der Waals surface area contributed by atoms with Crippen LogP contribution in [-0.4, -0.2) is 70.9 Å². The summed E-state index contributed by atoms with van der Waals surface area (Å²) in [5, 5.41) is 0. The summed E-state index contributed by atoms with van der Waals surface area (Å²) in [6, 6.07) is 44.4. The van der Waals surface area contributed by atoms with Crippen LogP contribution in [0.5, 0.6) is 0 Å². The maximum Gasteiger partial charge on any atom is 0.163 e. The molecular weight excluding hydrogens is 654 g/mol. The van der Waals surface area contributed by atoms with E-state index in [1.165, 1.54) is 34.6 Å². The largest absolute Gasteiger partial charge is 0.344 e. The van der Waals surface area contributed by atoms with Crippen LogP contribution in [0.1, 0.15) is 49.9 Å². The number of ether oxygens (including phenoxy) is 4. The van der Waals surface area contributed by atoms with E-state index in [1.54, 1.807) is 0 Å². The van der Waals surface area contributed by atoms with Crippen LogP contribution in [-0.2, 0) is 44.6 Å². The summed E-state index contributed by atoms with van der Waals surface area (Å²) >= 11 is 0. The molecule has 0 saturated carbocycles. The fraction of sp³-hybridized carbons (Fsp3) is 0.455. The van der Waals surface area contributed by atoms with Crippen molar-refractivity contribution in [3.05, 3.63) is 144 Å². The maximum absolute atomic E-state index is 6.87. The zero-order valence-corrected chi connectivity index (χ0v) is 31.7. The van der Waals surface area contributed by atoms with Crippen LogP contribution in [0.4, 0.5) is 0 Å². The van der Waals surface area contributed by atoms with Crippen LogP contribution in [0.2, 0.25) is 0 Å². The van der Waals surface area contributed by atoms with Gasteiger partial charge in [-0.2, -0.15) is 0 Å². The molecule has 0 N–H and O–H groups in total. The average Bonchev–Trinajstić information content (AvgIpc) is 3.77. The molecule has 4 fully saturated rings. The number of hydrogen-bond donors (Lipinski definition) is 0. The van der Waals surface area contributed by atoms with Crippen molar-refractivity contribution in [2.75, 3.05) is 12.3 Å². The van der Waals surface area contributed by atoms with Crippen LogP contribution in [0.15, 0.2) is 121 Å². The molecule has 4 aliphatic rings. The van der Waals surface area contributed by atoms with Gasteiger partial charge in [0.1, 0.15) is 0 Å². The Balaban J connectivity index is 1.14. The fourth-order valence-corrected chi connectivity index (χ4v) is 17.7. The minimum Gasteiger partial charge on any atom is -0.344 e. The molecule has 4 aliphatic heterocycles. The van der Waals surface area contributed by atoms with Crippen molar-refractivity contribution in [1.82, 2.24) is 0 Å². The topological polar surface area (TPSA) is 36.9 Å². The summed E-state index contributed by atoms with van der Waals surface area (Å²) in [5.74, 6) is -1.12. The summed E-state index contributed by atoms with van der Waals surface area (Å²) in [6.45, 7) is 8.43. The molecular formula is C44H52O4P2. The Labute approximate surface area is 301 Å². The van der Waals surface area contributed by atoms with Gasteiger partial charge in [0, 0.05) is 22.6 Å². The molecule has 8 atom stereocenters. The van der Waals surface area contributed by atoms with Gasteiger partial charge < -0.3 is 18.9 Å². The third kappa shape index (κ3) is 7.41. The quantitative estimate of drug-likeness (QED) is 0.146. The molecule has 4 unspecified atom stereocenters. The number of fused-ring (bicyclic) bond motifs is 2. The van der Waals surface area contributed by atoms with Crippen LogP contribution in [0.25, 0.3) is 0 Å². The van der Waals surface area contributed by atoms with Crippen molar-refractivity contribution in [2.45, 2.75) is 112 Å². The van der Waals surface area contributed by atoms with E-state index in [1.807, 2.05) is 0 Å². The molecule has 8 rings (SSSR count). The highest BCUT2D eigenvalue weighted by atomic mass is 31.1. The SMILES string of the molecule is CC1(C)OC2C(O1)[C@@H](Cc1ccccc1)P(CCP1[C@@H](Cc3ccccc3)C3OC(C)(C)OC3[C@@H]1Cc1ccccc1)[C@@H]2Cc1ccccc1. The van der Waals surface area contributed by atoms with Crippen molar-refractivity contribution in [1.29, 1.82) is 0 Å². The first kappa shape index (κ1) is 34.7. The molecule has 0 aliphatic carbocycles. The van der Waals surface area contributed by atoms with E-state index in [2.05, 4.69) is 149 Å². The molecule has 0 aromatic heterocycles. The first-order chi connectivity index (χ1) is 24.2. The molecule has 0 spiro atoms. The van der Waals surface area contributed by atoms with Gasteiger partial charge in [0.2, 0.25) is 0 Å². The van der Waals surface area contributed by atoms with Gasteiger partial charge in [0.15, 0.2) is 11.6 Å². The zero-order valence-electron chi connectivity index (χ0n) is 29.9. The molecule has 4 aromatic rings. The highest BCUT2D eigenvalue weighted by Gasteiger charge is 2.60. The van der Waals surface area contributed by atoms with Gasteiger partial charge in [-0.15, -0.1) is 0 Å². The van der Waals surface area contributed by atoms with Crippen molar-refractivity contribution in [2.24, 2.45) is 0 Å². The summed E-state index contributed by atoms with van der Waals surface area (Å²) in [7, 11) is -0.832. The summed E-state index contributed by atoms with van der Waals surface area (Å²) in [4.78, 5) is 0. The molecule has 6 heteroatoms. The normalized spacial score (nSPS) is 33.7. The second kappa shape index (κ2) is 14.5. The predicted molar refractivity (Wildman–Crippen MR) is 207 cm³/mol. The first-order valence-corrected chi connectivity index (χ1v) is 21.9. The number of benzene rings is 4. The van der Waals surface area contributed by atoms with Gasteiger partial charge in [0.05, 0.1) is 24.4 Å². The number of hydrogen-bond acceptors (Lipinski definition) is 4. The molecule has 4 nitrogen and oxygen atoms in total. The van der Waals surface area contributed by atoms with E-state index in [-0.39, 0.29) is 24.4 Å². The standard InChI is InChI=1S/C44H52O4P2/c1-43(2)45-39-35(27-31-17-9-5-10-18-31)49(36(40(39)46-43)28-32-19-11-6-12-20-32)25-26-50-37(29-33-21-13-7-14-22-33)41-42(48-44(3,4)47-41)38(50)30-34-23-15-8-16-24-34/h5-24,35-42H,25-30H2,1-4H3/t35-,36-,37+,38+,39?,40?,41?,42?,49?,50?. The number of rotatable bonds is 11. The summed E-state index contributed by atoms with van der Waals surface area (Å²) in [5.41, 5.74) is 7.46. The van der Waals surface area contributed by atoms with Crippen LogP contribution in [0, 0.1) is 0 Å². The van der Waals surface area contributed by atoms with E-state index in [0.29, 0.717) is 22.6 Å². The Morgan fingerprint density at radius 2 is 0.600 bits per heavy atom. The lowest BCUT2D eigenvalue weighted by molar-refractivity contribution is -0.148. The van der Waals surface area contributed by atoms with E-state index >= 15 is 0 Å². The Kier molecular flexibility index (Phi) is 10.1. The lowest BCUT2D eigenvalue weighted by Crippen LogP contribution is -2.31. The van der Waals surface area contributed by atoms with Crippen LogP contribution in [0.3, 0.4) is 0 Å².